The lowest BCUT2D eigenvalue weighted by Crippen LogP contribution is -2.12. The molecule has 0 aromatic carbocycles. The van der Waals surface area contributed by atoms with E-state index in [2.05, 4.69) is 25.5 Å². The second-order valence-electron chi connectivity index (χ2n) is 3.82. The summed E-state index contributed by atoms with van der Waals surface area (Å²) in [5.41, 5.74) is 6.43. The zero-order valence-corrected chi connectivity index (χ0v) is 10.9. The number of thioether (sulfide) groups is 1. The van der Waals surface area contributed by atoms with E-state index < -0.39 is 0 Å². The predicted molar refractivity (Wildman–Crippen MR) is 69.4 cm³/mol. The summed E-state index contributed by atoms with van der Waals surface area (Å²) in [6.45, 7) is 1.12. The van der Waals surface area contributed by atoms with Crippen LogP contribution in [0.1, 0.15) is 5.69 Å². The van der Waals surface area contributed by atoms with Crippen molar-refractivity contribution in [1.82, 2.24) is 34.6 Å². The summed E-state index contributed by atoms with van der Waals surface area (Å²) in [6, 6.07) is 1.87. The summed E-state index contributed by atoms with van der Waals surface area (Å²) in [5, 5.41) is 12.2. The van der Waals surface area contributed by atoms with Gasteiger partial charge in [0, 0.05) is 30.9 Å². The van der Waals surface area contributed by atoms with Gasteiger partial charge in [0.1, 0.15) is 0 Å². The first kappa shape index (κ1) is 12.1. The van der Waals surface area contributed by atoms with Crippen molar-refractivity contribution in [3.63, 3.8) is 0 Å². The molecule has 98 valence electrons. The first-order valence-electron chi connectivity index (χ1n) is 5.74. The molecule has 0 spiro atoms. The minimum absolute atomic E-state index is 0.511. The largest absolute Gasteiger partial charge is 0.329 e. The lowest BCUT2D eigenvalue weighted by molar-refractivity contribution is 0.557. The van der Waals surface area contributed by atoms with Crippen LogP contribution in [-0.4, -0.2) is 41.1 Å². The number of rotatable bonds is 5. The van der Waals surface area contributed by atoms with Gasteiger partial charge in [-0.1, -0.05) is 11.8 Å². The normalized spacial score (nSPS) is 11.2. The van der Waals surface area contributed by atoms with Crippen molar-refractivity contribution in [3.05, 3.63) is 30.4 Å². The van der Waals surface area contributed by atoms with Crippen molar-refractivity contribution in [2.45, 2.75) is 17.5 Å². The molecule has 9 heteroatoms. The molecule has 0 saturated carbocycles. The SMILES string of the molecule is NCCn1nnnc1SCc1cn2cccnc2n1. The average molecular weight is 276 g/mol. The zero-order valence-electron chi connectivity index (χ0n) is 10.0. The van der Waals surface area contributed by atoms with Crippen LogP contribution >= 0.6 is 11.8 Å². The second-order valence-corrected chi connectivity index (χ2v) is 4.76. The van der Waals surface area contributed by atoms with Gasteiger partial charge in [0.2, 0.25) is 10.9 Å². The molecule has 2 N–H and O–H groups in total. The van der Waals surface area contributed by atoms with Gasteiger partial charge in [-0.15, -0.1) is 5.10 Å². The maximum Gasteiger partial charge on any atom is 0.233 e. The van der Waals surface area contributed by atoms with Gasteiger partial charge < -0.3 is 5.73 Å². The van der Waals surface area contributed by atoms with Gasteiger partial charge in [-0.25, -0.2) is 14.6 Å². The highest BCUT2D eigenvalue weighted by Crippen LogP contribution is 2.19. The molecule has 3 heterocycles. The van der Waals surface area contributed by atoms with Crippen LogP contribution in [0.3, 0.4) is 0 Å². The van der Waals surface area contributed by atoms with E-state index >= 15 is 0 Å². The Balaban J connectivity index is 1.73. The Kier molecular flexibility index (Phi) is 3.38. The fraction of sp³-hybridized carbons (Fsp3) is 0.300. The van der Waals surface area contributed by atoms with Crippen LogP contribution in [0.15, 0.2) is 29.8 Å². The molecule has 8 nitrogen and oxygen atoms in total. The van der Waals surface area contributed by atoms with Gasteiger partial charge in [0.15, 0.2) is 0 Å². The number of hydrogen-bond acceptors (Lipinski definition) is 7. The van der Waals surface area contributed by atoms with E-state index in [9.17, 15) is 0 Å². The summed E-state index contributed by atoms with van der Waals surface area (Å²) in [7, 11) is 0. The molecule has 0 saturated heterocycles. The summed E-state index contributed by atoms with van der Waals surface area (Å²) in [4.78, 5) is 8.59. The maximum absolute atomic E-state index is 5.50. The molecule has 0 radical (unpaired) electrons. The quantitative estimate of drug-likeness (QED) is 0.653. The highest BCUT2D eigenvalue weighted by atomic mass is 32.2. The molecule has 3 rings (SSSR count). The Labute approximate surface area is 113 Å². The molecule has 0 aliphatic rings. The molecule has 19 heavy (non-hydrogen) atoms. The topological polar surface area (TPSA) is 99.8 Å². The fourth-order valence-electron chi connectivity index (χ4n) is 1.65. The van der Waals surface area contributed by atoms with Gasteiger partial charge in [0.25, 0.3) is 0 Å². The number of hydrogen-bond donors (Lipinski definition) is 1. The number of fused-ring (bicyclic) bond motifs is 1. The molecule has 0 unspecified atom stereocenters. The number of nitrogens with two attached hydrogens (primary N) is 1. The van der Waals surface area contributed by atoms with Crippen LogP contribution in [0.4, 0.5) is 0 Å². The van der Waals surface area contributed by atoms with E-state index in [1.165, 1.54) is 11.8 Å². The first-order chi connectivity index (χ1) is 9.36. The minimum atomic E-state index is 0.511. The standard InChI is InChI=1S/C10H12N8S/c11-2-5-18-10(14-15-16-18)19-7-8-6-17-4-1-3-12-9(17)13-8/h1,3-4,6H,2,5,7,11H2. The lowest BCUT2D eigenvalue weighted by atomic mass is 10.6. The molecule has 0 aliphatic carbocycles. The molecular weight excluding hydrogens is 264 g/mol. The van der Waals surface area contributed by atoms with Crippen LogP contribution < -0.4 is 5.73 Å². The molecule has 3 aromatic heterocycles. The van der Waals surface area contributed by atoms with Crippen LogP contribution in [0, 0.1) is 0 Å². The Morgan fingerprint density at radius 3 is 3.16 bits per heavy atom. The number of nitrogens with zero attached hydrogens (tertiary/aromatic N) is 7. The van der Waals surface area contributed by atoms with Gasteiger partial charge in [-0.2, -0.15) is 0 Å². The van der Waals surface area contributed by atoms with Crippen LogP contribution in [-0.2, 0) is 12.3 Å². The van der Waals surface area contributed by atoms with Gasteiger partial charge in [0.05, 0.1) is 12.2 Å². The van der Waals surface area contributed by atoms with E-state index in [1.54, 1.807) is 10.9 Å². The molecule has 3 aromatic rings. The summed E-state index contributed by atoms with van der Waals surface area (Å²) in [5.74, 6) is 1.38. The van der Waals surface area contributed by atoms with Crippen LogP contribution in [0.5, 0.6) is 0 Å². The summed E-state index contributed by atoms with van der Waals surface area (Å²) < 4.78 is 3.58. The van der Waals surface area contributed by atoms with E-state index in [0.29, 0.717) is 24.6 Å². The van der Waals surface area contributed by atoms with Crippen molar-refractivity contribution >= 4 is 17.5 Å². The van der Waals surface area contributed by atoms with E-state index in [1.807, 2.05) is 22.9 Å². The molecule has 0 aliphatic heterocycles. The Morgan fingerprint density at radius 2 is 2.32 bits per heavy atom. The highest BCUT2D eigenvalue weighted by molar-refractivity contribution is 7.98. The van der Waals surface area contributed by atoms with Crippen molar-refractivity contribution in [2.75, 3.05) is 6.54 Å². The van der Waals surface area contributed by atoms with Crippen molar-refractivity contribution in [1.29, 1.82) is 0 Å². The molecular formula is C10H12N8S. The third-order valence-electron chi connectivity index (χ3n) is 2.47. The minimum Gasteiger partial charge on any atom is -0.329 e. The first-order valence-corrected chi connectivity index (χ1v) is 6.73. The molecule has 0 bridgehead atoms. The zero-order chi connectivity index (χ0) is 13.1. The second kappa shape index (κ2) is 5.33. The lowest BCUT2D eigenvalue weighted by Gasteiger charge is -2.00. The highest BCUT2D eigenvalue weighted by Gasteiger charge is 2.08. The fourth-order valence-corrected chi connectivity index (χ4v) is 2.44. The van der Waals surface area contributed by atoms with Crippen molar-refractivity contribution in [3.8, 4) is 0 Å². The Bertz CT molecular complexity index is 642. The number of tetrazole rings is 1. The monoisotopic (exact) mass is 276 g/mol. The summed E-state index contributed by atoms with van der Waals surface area (Å²) >= 11 is 1.53. The third-order valence-corrected chi connectivity index (χ3v) is 3.47. The Morgan fingerprint density at radius 1 is 1.37 bits per heavy atom. The third kappa shape index (κ3) is 2.56. The van der Waals surface area contributed by atoms with Crippen molar-refractivity contribution in [2.24, 2.45) is 5.73 Å². The van der Waals surface area contributed by atoms with E-state index in [4.69, 9.17) is 5.73 Å². The van der Waals surface area contributed by atoms with Gasteiger partial charge in [-0.05, 0) is 16.5 Å². The molecule has 0 fully saturated rings. The predicted octanol–water partition coefficient (Wildman–Crippen LogP) is -0.0332. The smallest absolute Gasteiger partial charge is 0.233 e. The molecule has 0 atom stereocenters. The average Bonchev–Trinajstić information content (AvgIpc) is 3.02. The Hall–Kier alpha value is -2.00. The maximum atomic E-state index is 5.50. The van der Waals surface area contributed by atoms with Crippen molar-refractivity contribution < 1.29 is 0 Å². The van der Waals surface area contributed by atoms with Gasteiger partial charge >= 0.3 is 0 Å². The number of aromatic nitrogens is 7. The van der Waals surface area contributed by atoms with E-state index in [-0.39, 0.29) is 0 Å². The van der Waals surface area contributed by atoms with Crippen LogP contribution in [0.25, 0.3) is 5.78 Å². The number of imidazole rings is 1. The molecule has 0 amide bonds. The van der Waals surface area contributed by atoms with E-state index in [0.717, 1.165) is 10.9 Å². The van der Waals surface area contributed by atoms with Crippen LogP contribution in [0.2, 0.25) is 0 Å². The van der Waals surface area contributed by atoms with Gasteiger partial charge in [-0.3, -0.25) is 4.40 Å². The summed E-state index contributed by atoms with van der Waals surface area (Å²) in [6.07, 6.45) is 5.59.